The van der Waals surface area contributed by atoms with Crippen LogP contribution in [0.3, 0.4) is 0 Å². The SMILES string of the molecule is O=C([O-])C(F)(F)F.[14CH3][S+](CCC(=O)C(=O)O)C[C@H]1O[C@@H](n2cnc3c(N)ncnc32)[C@H](O)[C@@H]1O. The van der Waals surface area contributed by atoms with E-state index in [4.69, 9.17) is 25.5 Å². The molecule has 0 amide bonds. The van der Waals surface area contributed by atoms with Gasteiger partial charge in [-0.15, -0.1) is 0 Å². The first-order valence-electron chi connectivity index (χ1n) is 9.32. The second-order valence-corrected chi connectivity index (χ2v) is 9.35. The Morgan fingerprint density at radius 1 is 1.24 bits per heavy atom. The molecule has 0 radical (unpaired) electrons. The number of aliphatic hydroxyl groups is 2. The average Bonchev–Trinajstić information content (AvgIpc) is 3.29. The molecule has 188 valence electrons. The number of aliphatic carboxylic acids is 2. The van der Waals surface area contributed by atoms with Gasteiger partial charge in [-0.05, 0) is 10.9 Å². The normalized spacial score (nSPS) is 23.2. The van der Waals surface area contributed by atoms with Crippen molar-refractivity contribution in [2.45, 2.75) is 37.1 Å². The maximum absolute atomic E-state index is 11.2. The van der Waals surface area contributed by atoms with Crippen molar-refractivity contribution in [1.29, 1.82) is 0 Å². The molecule has 5 N–H and O–H groups in total. The molecule has 34 heavy (non-hydrogen) atoms. The number of carbonyl (C=O) groups is 3. The molecule has 0 aromatic carbocycles. The van der Waals surface area contributed by atoms with Gasteiger partial charge in [0, 0.05) is 0 Å². The molecule has 2 aromatic rings. The zero-order chi connectivity index (χ0) is 25.8. The minimum atomic E-state index is -5.19. The van der Waals surface area contributed by atoms with Crippen LogP contribution in [0.25, 0.3) is 11.2 Å². The number of hydrogen-bond acceptors (Lipinski definition) is 11. The summed E-state index contributed by atoms with van der Waals surface area (Å²) in [5.41, 5.74) is 6.50. The molecule has 0 spiro atoms. The smallest absolute Gasteiger partial charge is 0.430 e. The number of halogens is 3. The standard InChI is InChI=1S/C15H19N5O6S.C2HF3O2/c1-27(3-2-7(21)15(24)25)4-8-10(22)11(23)14(26-8)20-6-19-9-12(16)17-5-18-13(9)20;3-2(4,5)1(6)7/h5-6,8,10-11,14,22-23H,2-4H2,1H3,(H2-,16,17,18,24,25);(H,6,7)/t8-,10-,11-,14-,27?;/m1./s1/i1+2;. The number of carboxylic acid groups (broad SMARTS) is 2. The van der Waals surface area contributed by atoms with Gasteiger partial charge in [-0.1, -0.05) is 0 Å². The highest BCUT2D eigenvalue weighted by molar-refractivity contribution is 7.96. The van der Waals surface area contributed by atoms with E-state index in [1.165, 1.54) is 17.2 Å². The lowest BCUT2D eigenvalue weighted by molar-refractivity contribution is -0.344. The minimum absolute atomic E-state index is 0.0773. The Morgan fingerprint density at radius 2 is 1.85 bits per heavy atom. The Hall–Kier alpha value is -3.02. The molecule has 2 aromatic heterocycles. The zero-order valence-corrected chi connectivity index (χ0v) is 18.2. The number of carboxylic acids is 2. The van der Waals surface area contributed by atoms with Crippen LogP contribution in [-0.2, 0) is 30.0 Å². The summed E-state index contributed by atoms with van der Waals surface area (Å²) in [6.07, 6.45) is -4.66. The summed E-state index contributed by atoms with van der Waals surface area (Å²) in [4.78, 5) is 42.7. The molecule has 3 rings (SSSR count). The highest BCUT2D eigenvalue weighted by atomic mass is 32.2. The van der Waals surface area contributed by atoms with E-state index in [2.05, 4.69) is 15.0 Å². The largest absolute Gasteiger partial charge is 0.542 e. The van der Waals surface area contributed by atoms with Crippen LogP contribution in [0.5, 0.6) is 0 Å². The highest BCUT2D eigenvalue weighted by Crippen LogP contribution is 2.32. The van der Waals surface area contributed by atoms with Gasteiger partial charge in [-0.25, -0.2) is 19.7 Å². The van der Waals surface area contributed by atoms with Crippen molar-refractivity contribution in [3.8, 4) is 0 Å². The van der Waals surface area contributed by atoms with E-state index in [0.29, 0.717) is 22.7 Å². The zero-order valence-electron chi connectivity index (χ0n) is 17.4. The van der Waals surface area contributed by atoms with E-state index >= 15 is 0 Å². The molecule has 1 unspecified atom stereocenters. The predicted molar refractivity (Wildman–Crippen MR) is 107 cm³/mol. The van der Waals surface area contributed by atoms with E-state index < -0.39 is 48.4 Å². The average molecular weight is 513 g/mol. The highest BCUT2D eigenvalue weighted by Gasteiger charge is 2.46. The predicted octanol–water partition coefficient (Wildman–Crippen LogP) is -2.38. The van der Waals surface area contributed by atoms with E-state index in [1.54, 1.807) is 0 Å². The summed E-state index contributed by atoms with van der Waals surface area (Å²) in [6.45, 7) is 0. The van der Waals surface area contributed by atoms with Crippen molar-refractivity contribution < 1.29 is 52.7 Å². The third-order valence-corrected chi connectivity index (χ3v) is 6.39. The van der Waals surface area contributed by atoms with Crippen LogP contribution < -0.4 is 10.8 Å². The Kier molecular flexibility index (Phi) is 8.76. The molecular formula is C17H20F3N5O8S. The van der Waals surface area contributed by atoms with Crippen molar-refractivity contribution in [3.05, 3.63) is 12.7 Å². The summed E-state index contributed by atoms with van der Waals surface area (Å²) in [7, 11) is -0.376. The summed E-state index contributed by atoms with van der Waals surface area (Å²) in [5.74, 6) is -4.36. The molecule has 5 atom stereocenters. The van der Waals surface area contributed by atoms with Gasteiger partial charge >= 0.3 is 12.1 Å². The first-order chi connectivity index (χ1) is 15.7. The number of nitrogens with zero attached hydrogens (tertiary/aromatic N) is 4. The van der Waals surface area contributed by atoms with E-state index in [0.717, 1.165) is 0 Å². The number of rotatable bonds is 7. The number of carbonyl (C=O) groups excluding carboxylic acids is 2. The topological polar surface area (TPSA) is 214 Å². The molecule has 1 fully saturated rings. The van der Waals surface area contributed by atoms with Gasteiger partial charge in [-0.2, -0.15) is 13.2 Å². The number of imidazole rings is 1. The molecule has 1 aliphatic rings. The Balaban J connectivity index is 0.000000509. The lowest BCUT2D eigenvalue weighted by Crippen LogP contribution is -2.37. The van der Waals surface area contributed by atoms with Crippen molar-refractivity contribution in [2.24, 2.45) is 0 Å². The van der Waals surface area contributed by atoms with Crippen molar-refractivity contribution in [1.82, 2.24) is 19.5 Å². The molecule has 0 saturated carbocycles. The van der Waals surface area contributed by atoms with Crippen molar-refractivity contribution >= 4 is 45.6 Å². The summed E-state index contributed by atoms with van der Waals surface area (Å²) < 4.78 is 38.9. The number of nitrogen functional groups attached to an aromatic ring is 1. The van der Waals surface area contributed by atoms with Crippen LogP contribution in [0.4, 0.5) is 19.0 Å². The van der Waals surface area contributed by atoms with Gasteiger partial charge in [0.25, 0.3) is 0 Å². The van der Waals surface area contributed by atoms with Crippen LogP contribution in [0.2, 0.25) is 0 Å². The number of nitrogens with two attached hydrogens (primary N) is 1. The number of aliphatic hydroxyl groups excluding tert-OH is 2. The molecule has 13 nitrogen and oxygen atoms in total. The number of fused-ring (bicyclic) bond motifs is 1. The van der Waals surface area contributed by atoms with Gasteiger partial charge in [0.15, 0.2) is 17.7 Å². The number of ether oxygens (including phenoxy) is 1. The van der Waals surface area contributed by atoms with Crippen LogP contribution >= 0.6 is 0 Å². The monoisotopic (exact) mass is 513 g/mol. The molecular weight excluding hydrogens is 493 g/mol. The minimum Gasteiger partial charge on any atom is -0.542 e. The van der Waals surface area contributed by atoms with Crippen molar-refractivity contribution in [2.75, 3.05) is 23.5 Å². The molecule has 17 heteroatoms. The number of anilines is 1. The fraction of sp³-hybridized carbons (Fsp3) is 0.529. The second-order valence-electron chi connectivity index (χ2n) is 7.05. The summed E-state index contributed by atoms with van der Waals surface area (Å²) >= 11 is 0. The van der Waals surface area contributed by atoms with Crippen LogP contribution in [-0.4, -0.2) is 94.8 Å². The van der Waals surface area contributed by atoms with E-state index in [-0.39, 0.29) is 23.1 Å². The molecule has 1 saturated heterocycles. The fourth-order valence-electron chi connectivity index (χ4n) is 2.89. The lowest BCUT2D eigenvalue weighted by Gasteiger charge is -2.16. The van der Waals surface area contributed by atoms with Crippen LogP contribution in [0, 0.1) is 0 Å². The van der Waals surface area contributed by atoms with Gasteiger partial charge in [0.05, 0.1) is 19.0 Å². The summed E-state index contributed by atoms with van der Waals surface area (Å²) in [6, 6.07) is 0. The Morgan fingerprint density at radius 3 is 2.41 bits per heavy atom. The number of aromatic nitrogens is 4. The van der Waals surface area contributed by atoms with Gasteiger partial charge in [-0.3, -0.25) is 9.36 Å². The maximum Gasteiger partial charge on any atom is 0.430 e. The maximum atomic E-state index is 11.2. The third-order valence-electron chi connectivity index (χ3n) is 4.59. The number of hydrogen-bond donors (Lipinski definition) is 4. The quantitative estimate of drug-likeness (QED) is 0.226. The molecule has 3 heterocycles. The number of ketones is 1. The second kappa shape index (κ2) is 10.9. The number of alkyl halides is 3. The molecule has 0 aliphatic carbocycles. The Labute approximate surface area is 191 Å². The van der Waals surface area contributed by atoms with E-state index in [1.807, 2.05) is 6.26 Å². The Bertz CT molecular complexity index is 1050. The van der Waals surface area contributed by atoms with E-state index in [9.17, 15) is 33.0 Å². The van der Waals surface area contributed by atoms with Gasteiger partial charge in [0.1, 0.15) is 47.6 Å². The summed E-state index contributed by atoms with van der Waals surface area (Å²) in [5, 5.41) is 38.2. The lowest BCUT2D eigenvalue weighted by atomic mass is 10.1. The first-order valence-corrected chi connectivity index (χ1v) is 11.3. The van der Waals surface area contributed by atoms with Crippen LogP contribution in [0.15, 0.2) is 12.7 Å². The first kappa shape index (κ1) is 27.2. The fourth-order valence-corrected chi connectivity index (χ4v) is 4.43. The van der Waals surface area contributed by atoms with Crippen LogP contribution in [0.1, 0.15) is 12.6 Å². The van der Waals surface area contributed by atoms with Crippen molar-refractivity contribution in [3.63, 3.8) is 0 Å². The van der Waals surface area contributed by atoms with Gasteiger partial charge in [0.2, 0.25) is 5.78 Å². The molecule has 0 bridgehead atoms. The number of Topliss-reactive ketones (excluding diaryl/α,β-unsaturated/α-hetero) is 1. The van der Waals surface area contributed by atoms with Gasteiger partial charge < -0.3 is 35.7 Å². The third kappa shape index (κ3) is 6.52. The molecule has 1 aliphatic heterocycles.